The lowest BCUT2D eigenvalue weighted by Crippen LogP contribution is -2.25. The van der Waals surface area contributed by atoms with E-state index in [1.807, 2.05) is 0 Å². The highest BCUT2D eigenvalue weighted by Gasteiger charge is 2.38. The van der Waals surface area contributed by atoms with E-state index in [1.165, 1.54) is 66.5 Å². The minimum absolute atomic E-state index is 0.108. The minimum atomic E-state index is 0.108. The van der Waals surface area contributed by atoms with Gasteiger partial charge in [0.1, 0.15) is 0 Å². The Hall–Kier alpha value is -4.36. The second kappa shape index (κ2) is 8.07. The Balaban J connectivity index is 1.29. The fraction of sp³-hybridized carbons (Fsp3) is 0.158. The van der Waals surface area contributed by atoms with Crippen LogP contribution in [0.2, 0.25) is 0 Å². The molecule has 5 aromatic rings. The summed E-state index contributed by atoms with van der Waals surface area (Å²) in [6.07, 6.45) is 14.2. The van der Waals surface area contributed by atoms with Crippen molar-refractivity contribution in [1.29, 1.82) is 0 Å². The van der Waals surface area contributed by atoms with Gasteiger partial charge in [-0.3, -0.25) is 0 Å². The predicted octanol–water partition coefficient (Wildman–Crippen LogP) is 9.86. The predicted molar refractivity (Wildman–Crippen MR) is 166 cm³/mol. The summed E-state index contributed by atoms with van der Waals surface area (Å²) in [7, 11) is 0. The largest absolute Gasteiger partial charge is 0.309 e. The molecule has 2 unspecified atom stereocenters. The zero-order valence-corrected chi connectivity index (χ0v) is 22.6. The van der Waals surface area contributed by atoms with Crippen molar-refractivity contribution in [2.24, 2.45) is 5.92 Å². The van der Waals surface area contributed by atoms with E-state index in [0.717, 1.165) is 0 Å². The molecule has 3 aliphatic carbocycles. The number of allylic oxidation sites excluding steroid dienone is 6. The van der Waals surface area contributed by atoms with Gasteiger partial charge in [0, 0.05) is 28.3 Å². The highest BCUT2D eigenvalue weighted by atomic mass is 15.0. The van der Waals surface area contributed by atoms with E-state index >= 15 is 0 Å². The van der Waals surface area contributed by atoms with Gasteiger partial charge >= 0.3 is 0 Å². The van der Waals surface area contributed by atoms with Crippen molar-refractivity contribution in [1.82, 2.24) is 4.57 Å². The molecule has 0 N–H and O–H groups in total. The third-order valence-electron chi connectivity index (χ3n) is 8.92. The van der Waals surface area contributed by atoms with Crippen molar-refractivity contribution >= 4 is 39.5 Å². The summed E-state index contributed by atoms with van der Waals surface area (Å²) < 4.78 is 2.42. The van der Waals surface area contributed by atoms with Crippen LogP contribution in [0, 0.1) is 5.92 Å². The summed E-state index contributed by atoms with van der Waals surface area (Å²) >= 11 is 0. The van der Waals surface area contributed by atoms with Gasteiger partial charge in [-0.05, 0) is 68.6 Å². The number of rotatable bonds is 2. The maximum atomic E-state index is 2.44. The van der Waals surface area contributed by atoms with Gasteiger partial charge < -0.3 is 4.57 Å². The molecule has 0 aliphatic heterocycles. The number of fused-ring (bicyclic) bond motifs is 3. The molecule has 0 bridgehead atoms. The molecule has 0 spiro atoms. The van der Waals surface area contributed by atoms with Crippen LogP contribution in [0.4, 0.5) is 0 Å². The van der Waals surface area contributed by atoms with Crippen molar-refractivity contribution in [3.8, 4) is 5.69 Å². The molecule has 0 saturated carbocycles. The molecule has 4 aromatic carbocycles. The Morgan fingerprint density at radius 1 is 0.692 bits per heavy atom. The molecule has 1 heterocycles. The lowest BCUT2D eigenvalue weighted by molar-refractivity contribution is 0.583. The average Bonchev–Trinajstić information content (AvgIpc) is 3.30. The summed E-state index contributed by atoms with van der Waals surface area (Å²) in [6, 6.07) is 31.3. The molecule has 188 valence electrons. The lowest BCUT2D eigenvalue weighted by atomic mass is 9.64. The van der Waals surface area contributed by atoms with E-state index in [2.05, 4.69) is 147 Å². The molecule has 2 atom stereocenters. The van der Waals surface area contributed by atoms with Crippen LogP contribution in [0.15, 0.2) is 115 Å². The van der Waals surface area contributed by atoms with Crippen LogP contribution in [0.3, 0.4) is 0 Å². The second-order valence-corrected chi connectivity index (χ2v) is 12.2. The van der Waals surface area contributed by atoms with Crippen molar-refractivity contribution in [3.63, 3.8) is 0 Å². The summed E-state index contributed by atoms with van der Waals surface area (Å²) in [4.78, 5) is 0. The van der Waals surface area contributed by atoms with Gasteiger partial charge in [0.25, 0.3) is 0 Å². The normalized spacial score (nSPS) is 19.3. The third kappa shape index (κ3) is 3.26. The molecular formula is C38H31N. The van der Waals surface area contributed by atoms with Gasteiger partial charge in [-0.25, -0.2) is 0 Å². The standard InChI is InChI=1S/C38H31N/c1-38(2,3)33-22-18-25-16-20-31-28(19-15-24-17-21-32(33)37(25)36(24)31)26-9-8-10-27(23-26)39-34-13-6-4-11-29(34)30-12-5-7-14-35(30)39/h4-23,31,36H,1-3H3. The maximum absolute atomic E-state index is 2.44. The minimum Gasteiger partial charge on any atom is -0.309 e. The fourth-order valence-corrected chi connectivity index (χ4v) is 7.19. The Kier molecular flexibility index (Phi) is 4.68. The fourth-order valence-electron chi connectivity index (χ4n) is 7.19. The average molecular weight is 502 g/mol. The monoisotopic (exact) mass is 501 g/mol. The van der Waals surface area contributed by atoms with Gasteiger partial charge in [0.05, 0.1) is 11.0 Å². The molecule has 39 heavy (non-hydrogen) atoms. The van der Waals surface area contributed by atoms with Crippen molar-refractivity contribution < 1.29 is 0 Å². The number of benzene rings is 4. The Morgan fingerprint density at radius 2 is 1.44 bits per heavy atom. The van der Waals surface area contributed by atoms with Crippen LogP contribution in [-0.4, -0.2) is 4.57 Å². The van der Waals surface area contributed by atoms with Crippen LogP contribution in [0.25, 0.3) is 45.2 Å². The van der Waals surface area contributed by atoms with E-state index in [1.54, 1.807) is 0 Å². The summed E-state index contributed by atoms with van der Waals surface area (Å²) in [5.41, 5.74) is 13.7. The zero-order chi connectivity index (χ0) is 26.3. The summed E-state index contributed by atoms with van der Waals surface area (Å²) in [6.45, 7) is 6.98. The molecule has 1 nitrogen and oxygen atoms in total. The molecule has 3 aliphatic rings. The van der Waals surface area contributed by atoms with Crippen LogP contribution in [0.5, 0.6) is 0 Å². The van der Waals surface area contributed by atoms with Gasteiger partial charge in [-0.2, -0.15) is 0 Å². The van der Waals surface area contributed by atoms with E-state index < -0.39 is 0 Å². The Bertz CT molecular complexity index is 1890. The van der Waals surface area contributed by atoms with Crippen LogP contribution in [0.1, 0.15) is 54.5 Å². The molecule has 1 aromatic heterocycles. The first-order chi connectivity index (χ1) is 19.0. The summed E-state index contributed by atoms with van der Waals surface area (Å²) in [5.74, 6) is 0.689. The first-order valence-electron chi connectivity index (χ1n) is 14.0. The first-order valence-corrected chi connectivity index (χ1v) is 14.0. The van der Waals surface area contributed by atoms with E-state index in [4.69, 9.17) is 0 Å². The van der Waals surface area contributed by atoms with Crippen molar-refractivity contribution in [3.05, 3.63) is 143 Å². The van der Waals surface area contributed by atoms with E-state index in [-0.39, 0.29) is 5.41 Å². The Morgan fingerprint density at radius 3 is 2.18 bits per heavy atom. The Labute approximate surface area is 230 Å². The van der Waals surface area contributed by atoms with Crippen LogP contribution < -0.4 is 0 Å². The van der Waals surface area contributed by atoms with E-state index in [0.29, 0.717) is 11.8 Å². The second-order valence-electron chi connectivity index (χ2n) is 12.2. The smallest absolute Gasteiger partial charge is 0.0541 e. The molecule has 0 radical (unpaired) electrons. The molecule has 1 heteroatoms. The van der Waals surface area contributed by atoms with Gasteiger partial charge in [0.2, 0.25) is 0 Å². The SMILES string of the molecule is CC(C)(C)c1ccc2c3c1C=CC1=CC=C(c4cccc(-n5c6ccccc6c6ccccc65)c4)C(C=C2)C13. The topological polar surface area (TPSA) is 4.93 Å². The molecular weight excluding hydrogens is 470 g/mol. The summed E-state index contributed by atoms with van der Waals surface area (Å²) in [5, 5.41) is 2.59. The van der Waals surface area contributed by atoms with Crippen molar-refractivity contribution in [2.75, 3.05) is 0 Å². The third-order valence-corrected chi connectivity index (χ3v) is 8.92. The lowest BCUT2D eigenvalue weighted by Gasteiger charge is -2.40. The number of hydrogen-bond acceptors (Lipinski definition) is 0. The van der Waals surface area contributed by atoms with E-state index in [9.17, 15) is 0 Å². The molecule has 8 rings (SSSR count). The number of hydrogen-bond donors (Lipinski definition) is 0. The number of nitrogens with zero attached hydrogens (tertiary/aromatic N) is 1. The quantitative estimate of drug-likeness (QED) is 0.227. The molecule has 0 saturated heterocycles. The number of para-hydroxylation sites is 2. The highest BCUT2D eigenvalue weighted by Crippen LogP contribution is 2.53. The molecule has 0 amide bonds. The first kappa shape index (κ1) is 22.6. The van der Waals surface area contributed by atoms with Crippen LogP contribution in [-0.2, 0) is 5.41 Å². The number of aromatic nitrogens is 1. The van der Waals surface area contributed by atoms with Gasteiger partial charge in [-0.15, -0.1) is 0 Å². The highest BCUT2D eigenvalue weighted by molar-refractivity contribution is 6.09. The zero-order valence-electron chi connectivity index (χ0n) is 22.6. The van der Waals surface area contributed by atoms with Gasteiger partial charge in [-0.1, -0.05) is 118 Å². The molecule has 0 fully saturated rings. The van der Waals surface area contributed by atoms with Crippen molar-refractivity contribution in [2.45, 2.75) is 32.1 Å². The van der Waals surface area contributed by atoms with Crippen LogP contribution >= 0.6 is 0 Å². The van der Waals surface area contributed by atoms with Gasteiger partial charge in [0.15, 0.2) is 0 Å². The maximum Gasteiger partial charge on any atom is 0.0541 e.